The van der Waals surface area contributed by atoms with E-state index in [1.54, 1.807) is 24.3 Å². The molecule has 2 aromatic carbocycles. The van der Waals surface area contributed by atoms with Crippen LogP contribution in [0.15, 0.2) is 71.7 Å². The molecule has 13 heteroatoms. The van der Waals surface area contributed by atoms with Crippen LogP contribution in [0.3, 0.4) is 0 Å². The first-order valence-electron chi connectivity index (χ1n) is 11.6. The zero-order valence-corrected chi connectivity index (χ0v) is 20.3. The maximum Gasteiger partial charge on any atom is 0.573 e. The van der Waals surface area contributed by atoms with E-state index >= 15 is 0 Å². The third kappa shape index (κ3) is 6.36. The molecule has 1 N–H and O–H groups in total. The molecule has 1 saturated heterocycles. The number of hydrogen-bond donors (Lipinski definition) is 1. The van der Waals surface area contributed by atoms with Gasteiger partial charge in [0.15, 0.2) is 0 Å². The van der Waals surface area contributed by atoms with Crippen LogP contribution in [-0.4, -0.2) is 48.9 Å². The molecule has 1 aliphatic rings. The van der Waals surface area contributed by atoms with Gasteiger partial charge in [0, 0.05) is 24.2 Å². The van der Waals surface area contributed by atoms with E-state index in [1.807, 2.05) is 0 Å². The van der Waals surface area contributed by atoms with Gasteiger partial charge in [-0.2, -0.15) is 0 Å². The molecule has 0 radical (unpaired) electrons. The fraction of sp³-hybridized carbons (Fsp3) is 0.269. The third-order valence-corrected chi connectivity index (χ3v) is 6.12. The van der Waals surface area contributed by atoms with Crippen LogP contribution in [0.5, 0.6) is 11.5 Å². The third-order valence-electron chi connectivity index (χ3n) is 6.12. The lowest BCUT2D eigenvalue weighted by molar-refractivity contribution is -0.274. The molecule has 0 spiro atoms. The summed E-state index contributed by atoms with van der Waals surface area (Å²) in [6.07, 6.45) is -6.51. The second kappa shape index (κ2) is 11.1. The number of halogens is 5. The van der Waals surface area contributed by atoms with Gasteiger partial charge in [-0.3, -0.25) is 14.4 Å². The van der Waals surface area contributed by atoms with Crippen LogP contribution in [-0.2, 0) is 11.3 Å². The summed E-state index contributed by atoms with van der Waals surface area (Å²) in [5.41, 5.74) is -0.350. The standard InChI is InChI=1S/C26H22F5N3O5/c1-38-17-8-4-15(5-9-17)19-13-34(20-3-2-12-33(24(20)36)14-21(27)28)25(37)22(19)32-23(35)16-6-10-18(11-7-16)39-26(29,30)31/h2-12,19,21-22H,13-14H2,1H3,(H,32,35)/t19-,22-/m0/s1. The number of nitrogens with zero attached hydrogens (tertiary/aromatic N) is 2. The van der Waals surface area contributed by atoms with Crippen molar-refractivity contribution >= 4 is 17.5 Å². The average Bonchev–Trinajstić information content (AvgIpc) is 3.20. The van der Waals surface area contributed by atoms with Crippen LogP contribution in [0.4, 0.5) is 27.6 Å². The fourth-order valence-corrected chi connectivity index (χ4v) is 4.32. The van der Waals surface area contributed by atoms with Crippen molar-refractivity contribution in [1.82, 2.24) is 9.88 Å². The number of benzene rings is 2. The van der Waals surface area contributed by atoms with Gasteiger partial charge in [0.05, 0.1) is 13.7 Å². The summed E-state index contributed by atoms with van der Waals surface area (Å²) in [6.45, 7) is -0.909. The fourth-order valence-electron chi connectivity index (χ4n) is 4.32. The molecule has 1 fully saturated rings. The summed E-state index contributed by atoms with van der Waals surface area (Å²) in [5.74, 6) is -2.06. The molecule has 2 heterocycles. The van der Waals surface area contributed by atoms with E-state index in [4.69, 9.17) is 4.74 Å². The summed E-state index contributed by atoms with van der Waals surface area (Å²) in [7, 11) is 1.48. The first-order valence-corrected chi connectivity index (χ1v) is 11.6. The minimum absolute atomic E-state index is 0.0387. The topological polar surface area (TPSA) is 89.9 Å². The molecule has 1 aromatic heterocycles. The van der Waals surface area contributed by atoms with Gasteiger partial charge in [-0.1, -0.05) is 12.1 Å². The first-order chi connectivity index (χ1) is 18.5. The van der Waals surface area contributed by atoms with E-state index in [0.717, 1.165) is 33.7 Å². The Morgan fingerprint density at radius 3 is 2.26 bits per heavy atom. The number of ether oxygens (including phenoxy) is 2. The molecule has 206 valence electrons. The van der Waals surface area contributed by atoms with E-state index in [-0.39, 0.29) is 17.8 Å². The SMILES string of the molecule is COc1ccc([C@@H]2CN(c3cccn(CC(F)F)c3=O)C(=O)[C@H]2NC(=O)c2ccc(OC(F)(F)F)cc2)cc1. The highest BCUT2D eigenvalue weighted by atomic mass is 19.4. The van der Waals surface area contributed by atoms with E-state index in [9.17, 15) is 36.3 Å². The lowest BCUT2D eigenvalue weighted by Gasteiger charge is -2.19. The molecule has 0 saturated carbocycles. The summed E-state index contributed by atoms with van der Waals surface area (Å²) in [4.78, 5) is 40.5. The summed E-state index contributed by atoms with van der Waals surface area (Å²) >= 11 is 0. The van der Waals surface area contributed by atoms with Crippen molar-refractivity contribution in [3.05, 3.63) is 88.3 Å². The Bertz CT molecular complexity index is 1390. The number of amides is 2. The van der Waals surface area contributed by atoms with Crippen molar-refractivity contribution in [2.45, 2.75) is 31.3 Å². The van der Waals surface area contributed by atoms with Crippen LogP contribution >= 0.6 is 0 Å². The molecule has 0 bridgehead atoms. The van der Waals surface area contributed by atoms with Gasteiger partial charge in [-0.25, -0.2) is 8.78 Å². The highest BCUT2D eigenvalue weighted by Gasteiger charge is 2.43. The molecule has 2 atom stereocenters. The Kier molecular flexibility index (Phi) is 7.88. The maximum atomic E-state index is 13.5. The van der Waals surface area contributed by atoms with Gasteiger partial charge in [0.1, 0.15) is 23.2 Å². The molecule has 0 unspecified atom stereocenters. The van der Waals surface area contributed by atoms with Crippen molar-refractivity contribution in [2.24, 2.45) is 0 Å². The second-order valence-electron chi connectivity index (χ2n) is 8.59. The van der Waals surface area contributed by atoms with Crippen LogP contribution < -0.4 is 25.2 Å². The van der Waals surface area contributed by atoms with Gasteiger partial charge in [-0.05, 0) is 54.1 Å². The van der Waals surface area contributed by atoms with E-state index < -0.39 is 54.4 Å². The Balaban J connectivity index is 1.64. The Hall–Kier alpha value is -4.42. The van der Waals surface area contributed by atoms with E-state index in [0.29, 0.717) is 11.3 Å². The molecule has 2 amide bonds. The number of methoxy groups -OCH3 is 1. The quantitative estimate of drug-likeness (QED) is 0.429. The molecule has 0 aliphatic carbocycles. The number of aromatic nitrogens is 1. The highest BCUT2D eigenvalue weighted by Crippen LogP contribution is 2.32. The molecular formula is C26H22F5N3O5. The van der Waals surface area contributed by atoms with Crippen molar-refractivity contribution < 1.29 is 41.0 Å². The number of carbonyl (C=O) groups excluding carboxylic acids is 2. The molecule has 8 nitrogen and oxygen atoms in total. The number of rotatable bonds is 8. The average molecular weight is 551 g/mol. The minimum atomic E-state index is -4.90. The molecule has 3 aromatic rings. The minimum Gasteiger partial charge on any atom is -0.497 e. The highest BCUT2D eigenvalue weighted by molar-refractivity contribution is 6.05. The van der Waals surface area contributed by atoms with Gasteiger partial charge >= 0.3 is 6.36 Å². The lowest BCUT2D eigenvalue weighted by Crippen LogP contribution is -2.44. The number of anilines is 1. The second-order valence-corrected chi connectivity index (χ2v) is 8.59. The van der Waals surface area contributed by atoms with Crippen molar-refractivity contribution in [1.29, 1.82) is 0 Å². The van der Waals surface area contributed by atoms with Crippen LogP contribution in [0.2, 0.25) is 0 Å². The zero-order chi connectivity index (χ0) is 28.3. The Morgan fingerprint density at radius 1 is 1.03 bits per heavy atom. The number of hydrogen-bond acceptors (Lipinski definition) is 5. The molecular weight excluding hydrogens is 529 g/mol. The van der Waals surface area contributed by atoms with Gasteiger partial charge in [-0.15, -0.1) is 13.2 Å². The molecule has 4 rings (SSSR count). The predicted octanol–water partition coefficient (Wildman–Crippen LogP) is 3.95. The number of nitrogens with one attached hydrogen (secondary N) is 1. The van der Waals surface area contributed by atoms with Gasteiger partial charge < -0.3 is 24.3 Å². The lowest BCUT2D eigenvalue weighted by atomic mass is 9.93. The predicted molar refractivity (Wildman–Crippen MR) is 129 cm³/mol. The summed E-state index contributed by atoms with van der Waals surface area (Å²) in [5, 5.41) is 2.60. The smallest absolute Gasteiger partial charge is 0.497 e. The normalized spacial score (nSPS) is 17.4. The number of pyridine rings is 1. The Morgan fingerprint density at radius 2 is 1.67 bits per heavy atom. The largest absolute Gasteiger partial charge is 0.573 e. The number of alkyl halides is 5. The number of carbonyl (C=O) groups is 2. The van der Waals surface area contributed by atoms with Crippen LogP contribution in [0.1, 0.15) is 21.8 Å². The molecule has 1 aliphatic heterocycles. The zero-order valence-electron chi connectivity index (χ0n) is 20.3. The summed E-state index contributed by atoms with van der Waals surface area (Å²) < 4.78 is 73.0. The van der Waals surface area contributed by atoms with Crippen LogP contribution in [0, 0.1) is 0 Å². The Labute approximate surface area is 218 Å². The van der Waals surface area contributed by atoms with Crippen molar-refractivity contribution in [3.8, 4) is 11.5 Å². The van der Waals surface area contributed by atoms with Crippen molar-refractivity contribution in [3.63, 3.8) is 0 Å². The maximum absolute atomic E-state index is 13.5. The van der Waals surface area contributed by atoms with E-state index in [2.05, 4.69) is 10.1 Å². The van der Waals surface area contributed by atoms with Gasteiger partial charge in [0.2, 0.25) is 5.91 Å². The molecule has 39 heavy (non-hydrogen) atoms. The summed E-state index contributed by atoms with van der Waals surface area (Å²) in [6, 6.07) is 12.3. The van der Waals surface area contributed by atoms with Gasteiger partial charge in [0.25, 0.3) is 17.9 Å². The first kappa shape index (κ1) is 27.6. The van der Waals surface area contributed by atoms with E-state index in [1.165, 1.54) is 25.4 Å². The monoisotopic (exact) mass is 551 g/mol. The van der Waals surface area contributed by atoms with Crippen molar-refractivity contribution in [2.75, 3.05) is 18.6 Å². The van der Waals surface area contributed by atoms with Crippen LogP contribution in [0.25, 0.3) is 0 Å².